The van der Waals surface area contributed by atoms with Crippen molar-refractivity contribution < 1.29 is 0 Å². The lowest BCUT2D eigenvalue weighted by Gasteiger charge is -2.48. The smallest absolute Gasteiger partial charge is 0.0110 e. The number of nitrogens with zero attached hydrogens (tertiary/aromatic N) is 1. The molecular weight excluding hydrogens is 256 g/mol. The minimum absolute atomic E-state index is 0.626. The Hall–Kier alpha value is -0.860. The Morgan fingerprint density at radius 3 is 2.43 bits per heavy atom. The van der Waals surface area contributed by atoms with Gasteiger partial charge in [-0.3, -0.25) is 0 Å². The number of fused-ring (bicyclic) bond motifs is 2. The van der Waals surface area contributed by atoms with Crippen molar-refractivity contribution in [3.63, 3.8) is 0 Å². The van der Waals surface area contributed by atoms with E-state index in [1.165, 1.54) is 50.5 Å². The first-order valence-electron chi connectivity index (χ1n) is 8.78. The summed E-state index contributed by atoms with van der Waals surface area (Å²) in [7, 11) is 2.34. The van der Waals surface area contributed by atoms with Gasteiger partial charge in [-0.15, -0.1) is 0 Å². The number of hydrogen-bond acceptors (Lipinski definition) is 2. The van der Waals surface area contributed by atoms with Gasteiger partial charge in [0.25, 0.3) is 0 Å². The molecule has 2 heterocycles. The van der Waals surface area contributed by atoms with Crippen molar-refractivity contribution in [2.45, 2.75) is 76.0 Å². The fourth-order valence-electron chi connectivity index (χ4n) is 4.30. The molecule has 0 saturated carbocycles. The second-order valence-electron chi connectivity index (χ2n) is 7.03. The third-order valence-electron chi connectivity index (χ3n) is 5.63. The number of rotatable bonds is 5. The number of hydrogen-bond donors (Lipinski definition) is 1. The van der Waals surface area contributed by atoms with Gasteiger partial charge in [0.05, 0.1) is 0 Å². The molecule has 0 spiro atoms. The van der Waals surface area contributed by atoms with Crippen molar-refractivity contribution in [1.29, 1.82) is 0 Å². The highest BCUT2D eigenvalue weighted by Crippen LogP contribution is 2.32. The van der Waals surface area contributed by atoms with E-state index in [1.807, 2.05) is 0 Å². The quantitative estimate of drug-likeness (QED) is 0.889. The second kappa shape index (κ2) is 6.93. The SMILES string of the molecule is CCC(Cc1ccccc1)NC1CC2CCCC(C1)N2C. The van der Waals surface area contributed by atoms with Crippen LogP contribution in [0.5, 0.6) is 0 Å². The second-order valence-corrected chi connectivity index (χ2v) is 7.03. The van der Waals surface area contributed by atoms with Crippen LogP contribution in [0.15, 0.2) is 30.3 Å². The van der Waals surface area contributed by atoms with Gasteiger partial charge in [0, 0.05) is 24.2 Å². The Bertz CT molecular complexity index is 416. The fraction of sp³-hybridized carbons (Fsp3) is 0.684. The van der Waals surface area contributed by atoms with Crippen molar-refractivity contribution in [1.82, 2.24) is 10.2 Å². The Kier molecular flexibility index (Phi) is 4.97. The van der Waals surface area contributed by atoms with Gasteiger partial charge in [0.1, 0.15) is 0 Å². The summed E-state index contributed by atoms with van der Waals surface area (Å²) in [6.07, 6.45) is 9.32. The average Bonchev–Trinajstić information content (AvgIpc) is 2.48. The summed E-state index contributed by atoms with van der Waals surface area (Å²) < 4.78 is 0. The predicted molar refractivity (Wildman–Crippen MR) is 89.6 cm³/mol. The van der Waals surface area contributed by atoms with E-state index in [0.717, 1.165) is 18.1 Å². The van der Waals surface area contributed by atoms with Crippen molar-refractivity contribution in [3.8, 4) is 0 Å². The lowest BCUT2D eigenvalue weighted by Crippen LogP contribution is -2.56. The molecule has 0 aliphatic carbocycles. The van der Waals surface area contributed by atoms with Gasteiger partial charge >= 0.3 is 0 Å². The molecule has 3 unspecified atom stereocenters. The van der Waals surface area contributed by atoms with Crippen molar-refractivity contribution in [2.24, 2.45) is 0 Å². The molecule has 2 nitrogen and oxygen atoms in total. The van der Waals surface area contributed by atoms with Crippen molar-refractivity contribution in [3.05, 3.63) is 35.9 Å². The van der Waals surface area contributed by atoms with E-state index in [4.69, 9.17) is 0 Å². The highest BCUT2D eigenvalue weighted by atomic mass is 15.2. The molecule has 2 aliphatic rings. The molecule has 2 aliphatic heterocycles. The van der Waals surface area contributed by atoms with Crippen LogP contribution < -0.4 is 5.32 Å². The monoisotopic (exact) mass is 286 g/mol. The fourth-order valence-corrected chi connectivity index (χ4v) is 4.30. The summed E-state index contributed by atoms with van der Waals surface area (Å²) in [6.45, 7) is 2.32. The van der Waals surface area contributed by atoms with Gasteiger partial charge < -0.3 is 10.2 Å². The first-order valence-corrected chi connectivity index (χ1v) is 8.78. The molecule has 2 heteroatoms. The molecule has 0 amide bonds. The Morgan fingerprint density at radius 2 is 1.81 bits per heavy atom. The molecule has 116 valence electrons. The number of nitrogens with one attached hydrogen (secondary N) is 1. The number of piperidine rings is 2. The molecule has 21 heavy (non-hydrogen) atoms. The average molecular weight is 286 g/mol. The summed E-state index contributed by atoms with van der Waals surface area (Å²) in [5, 5.41) is 3.98. The van der Waals surface area contributed by atoms with Gasteiger partial charge in [0.15, 0.2) is 0 Å². The minimum atomic E-state index is 0.626. The lowest BCUT2D eigenvalue weighted by atomic mass is 9.82. The molecule has 2 fully saturated rings. The predicted octanol–water partition coefficient (Wildman–Crippen LogP) is 3.61. The van der Waals surface area contributed by atoms with Crippen LogP contribution in [0, 0.1) is 0 Å². The van der Waals surface area contributed by atoms with Crippen LogP contribution in [0.1, 0.15) is 51.0 Å². The van der Waals surface area contributed by atoms with E-state index in [1.54, 1.807) is 0 Å². The van der Waals surface area contributed by atoms with Crippen LogP contribution in [0.3, 0.4) is 0 Å². The van der Waals surface area contributed by atoms with Crippen LogP contribution in [0.25, 0.3) is 0 Å². The molecule has 2 bridgehead atoms. The van der Waals surface area contributed by atoms with E-state index < -0.39 is 0 Å². The zero-order valence-electron chi connectivity index (χ0n) is 13.6. The number of benzene rings is 1. The van der Waals surface area contributed by atoms with E-state index in [2.05, 4.69) is 54.5 Å². The first-order chi connectivity index (χ1) is 10.3. The van der Waals surface area contributed by atoms with Crippen molar-refractivity contribution >= 4 is 0 Å². The van der Waals surface area contributed by atoms with Crippen LogP contribution in [-0.2, 0) is 6.42 Å². The standard InChI is InChI=1S/C19H30N2/c1-3-16(12-15-8-5-4-6-9-15)20-17-13-18-10-7-11-19(14-17)21(18)2/h4-6,8-9,16-20H,3,7,10-14H2,1-2H3. The molecule has 1 N–H and O–H groups in total. The lowest BCUT2D eigenvalue weighted by molar-refractivity contribution is 0.0456. The summed E-state index contributed by atoms with van der Waals surface area (Å²) in [4.78, 5) is 2.65. The maximum atomic E-state index is 3.98. The summed E-state index contributed by atoms with van der Waals surface area (Å²) >= 11 is 0. The molecule has 1 aromatic carbocycles. The zero-order valence-corrected chi connectivity index (χ0v) is 13.6. The van der Waals surface area contributed by atoms with Gasteiger partial charge in [-0.2, -0.15) is 0 Å². The van der Waals surface area contributed by atoms with Gasteiger partial charge in [0.2, 0.25) is 0 Å². The minimum Gasteiger partial charge on any atom is -0.311 e. The summed E-state index contributed by atoms with van der Waals surface area (Å²) in [5.41, 5.74) is 1.46. The van der Waals surface area contributed by atoms with Gasteiger partial charge in [-0.25, -0.2) is 0 Å². The van der Waals surface area contributed by atoms with E-state index in [9.17, 15) is 0 Å². The normalized spacial score (nSPS) is 31.0. The maximum absolute atomic E-state index is 3.98. The zero-order chi connectivity index (χ0) is 14.7. The van der Waals surface area contributed by atoms with Gasteiger partial charge in [-0.1, -0.05) is 43.7 Å². The van der Waals surface area contributed by atoms with E-state index in [-0.39, 0.29) is 0 Å². The molecule has 3 atom stereocenters. The molecule has 3 rings (SSSR count). The highest BCUT2D eigenvalue weighted by molar-refractivity contribution is 5.16. The van der Waals surface area contributed by atoms with Crippen LogP contribution in [0.4, 0.5) is 0 Å². The topological polar surface area (TPSA) is 15.3 Å². The molecule has 0 radical (unpaired) electrons. The molecule has 2 saturated heterocycles. The molecule has 1 aromatic rings. The van der Waals surface area contributed by atoms with Crippen molar-refractivity contribution in [2.75, 3.05) is 7.05 Å². The van der Waals surface area contributed by atoms with Crippen LogP contribution in [0.2, 0.25) is 0 Å². The summed E-state index contributed by atoms with van der Waals surface area (Å²) in [6, 6.07) is 13.9. The maximum Gasteiger partial charge on any atom is 0.0110 e. The Balaban J connectivity index is 1.57. The van der Waals surface area contributed by atoms with E-state index >= 15 is 0 Å². The molecule has 0 aromatic heterocycles. The largest absolute Gasteiger partial charge is 0.311 e. The third-order valence-corrected chi connectivity index (χ3v) is 5.63. The van der Waals surface area contributed by atoms with Crippen LogP contribution >= 0.6 is 0 Å². The van der Waals surface area contributed by atoms with Crippen LogP contribution in [-0.4, -0.2) is 36.1 Å². The van der Waals surface area contributed by atoms with E-state index in [0.29, 0.717) is 6.04 Å². The first kappa shape index (κ1) is 15.1. The Morgan fingerprint density at radius 1 is 1.14 bits per heavy atom. The summed E-state index contributed by atoms with van der Waals surface area (Å²) in [5.74, 6) is 0. The van der Waals surface area contributed by atoms with Gasteiger partial charge in [-0.05, 0) is 51.1 Å². The molecular formula is C19H30N2. The third kappa shape index (κ3) is 3.67. The Labute approximate surface area is 129 Å². The highest BCUT2D eigenvalue weighted by Gasteiger charge is 2.36.